The maximum absolute atomic E-state index is 12.8. The summed E-state index contributed by atoms with van der Waals surface area (Å²) in [7, 11) is 0. The quantitative estimate of drug-likeness (QED) is 0.608. The Morgan fingerprint density at radius 3 is 3.07 bits per heavy atom. The normalized spacial score (nSPS) is 16.5. The molecule has 30 heavy (non-hydrogen) atoms. The molecule has 154 valence electrons. The number of amides is 1. The van der Waals surface area contributed by atoms with Crippen LogP contribution in [-0.4, -0.2) is 23.0 Å². The molecule has 1 aliphatic carbocycles. The van der Waals surface area contributed by atoms with Gasteiger partial charge in [0.15, 0.2) is 18.1 Å². The van der Waals surface area contributed by atoms with Gasteiger partial charge in [-0.1, -0.05) is 13.8 Å². The second-order valence-electron chi connectivity index (χ2n) is 7.49. The fourth-order valence-corrected chi connectivity index (χ4v) is 5.02. The van der Waals surface area contributed by atoms with Crippen LogP contribution < -0.4 is 5.32 Å². The summed E-state index contributed by atoms with van der Waals surface area (Å²) in [6.07, 6.45) is 3.46. The Balaban J connectivity index is 1.49. The topological polar surface area (TPSA) is 105 Å². The number of hydrogen-bond donors (Lipinski definition) is 1. The molecule has 8 heteroatoms. The zero-order chi connectivity index (χ0) is 21.3. The summed E-state index contributed by atoms with van der Waals surface area (Å²) in [4.78, 5) is 30.5. The third kappa shape index (κ3) is 3.81. The maximum atomic E-state index is 12.8. The highest BCUT2D eigenvalue weighted by molar-refractivity contribution is 7.16. The second-order valence-corrected chi connectivity index (χ2v) is 8.60. The molecule has 1 aromatic carbocycles. The molecule has 1 N–H and O–H groups in total. The second kappa shape index (κ2) is 8.28. The van der Waals surface area contributed by atoms with E-state index in [-0.39, 0.29) is 0 Å². The molecular formula is C22H21N3O4S. The van der Waals surface area contributed by atoms with Crippen LogP contribution in [0.4, 0.5) is 5.00 Å². The molecule has 1 amide bonds. The molecule has 2 unspecified atom stereocenters. The number of rotatable bonds is 5. The van der Waals surface area contributed by atoms with Crippen molar-refractivity contribution >= 4 is 39.3 Å². The number of esters is 1. The number of hydrogen-bond acceptors (Lipinski definition) is 7. The van der Waals surface area contributed by atoms with Crippen molar-refractivity contribution in [3.63, 3.8) is 0 Å². The first-order valence-corrected chi connectivity index (χ1v) is 10.7. The summed E-state index contributed by atoms with van der Waals surface area (Å²) in [6.45, 7) is 3.96. The van der Waals surface area contributed by atoms with E-state index in [9.17, 15) is 14.9 Å². The maximum Gasteiger partial charge on any atom is 0.338 e. The predicted octanol–water partition coefficient (Wildman–Crippen LogP) is 4.46. The molecule has 1 aliphatic rings. The van der Waals surface area contributed by atoms with Crippen LogP contribution in [0, 0.1) is 17.2 Å². The summed E-state index contributed by atoms with van der Waals surface area (Å²) in [5.41, 5.74) is 2.98. The average molecular weight is 423 g/mol. The van der Waals surface area contributed by atoms with E-state index < -0.39 is 18.0 Å². The third-order valence-corrected chi connectivity index (χ3v) is 6.51. The highest BCUT2D eigenvalue weighted by Crippen LogP contribution is 2.39. The first kappa shape index (κ1) is 20.1. The zero-order valence-electron chi connectivity index (χ0n) is 16.7. The zero-order valence-corrected chi connectivity index (χ0v) is 17.5. The standard InChI is InChI=1S/C22H21N3O4S/c1-3-17(29-22(27)13-5-7-18-16(9-13)24-11-28-18)20(26)25-21-15(10-23)14-6-4-12(2)8-19(14)30-21/h5,7,9,11-12,17H,3-4,6,8H2,1-2H3,(H,25,26). The minimum atomic E-state index is -0.963. The van der Waals surface area contributed by atoms with Crippen LogP contribution >= 0.6 is 11.3 Å². The third-order valence-electron chi connectivity index (χ3n) is 5.34. The summed E-state index contributed by atoms with van der Waals surface area (Å²) >= 11 is 1.45. The van der Waals surface area contributed by atoms with Gasteiger partial charge in [-0.2, -0.15) is 5.26 Å². The molecule has 0 saturated heterocycles. The Bertz CT molecular complexity index is 1160. The van der Waals surface area contributed by atoms with Crippen LogP contribution in [0.5, 0.6) is 0 Å². The van der Waals surface area contributed by atoms with Gasteiger partial charge >= 0.3 is 5.97 Å². The van der Waals surface area contributed by atoms with Gasteiger partial charge in [0.25, 0.3) is 5.91 Å². The lowest BCUT2D eigenvalue weighted by molar-refractivity contribution is -0.124. The number of nitriles is 1. The van der Waals surface area contributed by atoms with E-state index in [0.717, 1.165) is 29.7 Å². The molecule has 2 heterocycles. The lowest BCUT2D eigenvalue weighted by Crippen LogP contribution is -2.32. The van der Waals surface area contributed by atoms with E-state index in [4.69, 9.17) is 9.15 Å². The van der Waals surface area contributed by atoms with Gasteiger partial charge in [-0.25, -0.2) is 9.78 Å². The number of carbonyl (C=O) groups is 2. The van der Waals surface area contributed by atoms with Crippen LogP contribution in [0.15, 0.2) is 29.0 Å². The van der Waals surface area contributed by atoms with E-state index in [1.165, 1.54) is 17.7 Å². The van der Waals surface area contributed by atoms with Crippen molar-refractivity contribution in [3.05, 3.63) is 46.2 Å². The molecule has 0 bridgehead atoms. The summed E-state index contributed by atoms with van der Waals surface area (Å²) in [6, 6.07) is 7.01. The SMILES string of the molecule is CCC(OC(=O)c1ccc2ocnc2c1)C(=O)Nc1sc2c(c1C#N)CCC(C)C2. The summed E-state index contributed by atoms with van der Waals surface area (Å²) in [5.74, 6) is -0.476. The van der Waals surface area contributed by atoms with Gasteiger partial charge in [-0.3, -0.25) is 4.79 Å². The van der Waals surface area contributed by atoms with E-state index >= 15 is 0 Å². The highest BCUT2D eigenvalue weighted by Gasteiger charge is 2.28. The first-order valence-electron chi connectivity index (χ1n) is 9.89. The van der Waals surface area contributed by atoms with Crippen molar-refractivity contribution < 1.29 is 18.7 Å². The Labute approximate surface area is 177 Å². The number of oxazole rings is 1. The molecule has 0 aliphatic heterocycles. The lowest BCUT2D eigenvalue weighted by Gasteiger charge is -2.17. The summed E-state index contributed by atoms with van der Waals surface area (Å²) in [5, 5.41) is 13.0. The van der Waals surface area contributed by atoms with Crippen LogP contribution in [0.2, 0.25) is 0 Å². The van der Waals surface area contributed by atoms with Crippen LogP contribution in [0.25, 0.3) is 11.1 Å². The molecule has 2 atom stereocenters. The number of fused-ring (bicyclic) bond motifs is 2. The van der Waals surface area contributed by atoms with Gasteiger partial charge < -0.3 is 14.5 Å². The van der Waals surface area contributed by atoms with E-state index in [1.54, 1.807) is 25.1 Å². The molecule has 7 nitrogen and oxygen atoms in total. The largest absolute Gasteiger partial charge is 0.449 e. The van der Waals surface area contributed by atoms with Gasteiger partial charge in [-0.15, -0.1) is 11.3 Å². The Morgan fingerprint density at radius 1 is 1.47 bits per heavy atom. The summed E-state index contributed by atoms with van der Waals surface area (Å²) < 4.78 is 10.6. The van der Waals surface area contributed by atoms with Crippen molar-refractivity contribution in [2.45, 2.75) is 45.6 Å². The molecule has 4 rings (SSSR count). The van der Waals surface area contributed by atoms with Crippen molar-refractivity contribution in [3.8, 4) is 6.07 Å². The first-order chi connectivity index (χ1) is 14.5. The van der Waals surface area contributed by atoms with Gasteiger partial charge in [0.05, 0.1) is 11.1 Å². The van der Waals surface area contributed by atoms with Crippen LogP contribution in [0.1, 0.15) is 53.1 Å². The molecule has 0 radical (unpaired) electrons. The molecule has 3 aromatic rings. The molecule has 0 saturated carbocycles. The average Bonchev–Trinajstić information content (AvgIpc) is 3.34. The molecule has 0 fully saturated rings. The number of benzene rings is 1. The van der Waals surface area contributed by atoms with Gasteiger partial charge in [0.1, 0.15) is 16.6 Å². The van der Waals surface area contributed by atoms with Gasteiger partial charge in [0, 0.05) is 4.88 Å². The Kier molecular flexibility index (Phi) is 5.55. The van der Waals surface area contributed by atoms with Crippen molar-refractivity contribution in [2.24, 2.45) is 5.92 Å². The molecular weight excluding hydrogens is 402 g/mol. The number of nitrogens with zero attached hydrogens (tertiary/aromatic N) is 2. The van der Waals surface area contributed by atoms with Crippen molar-refractivity contribution in [1.29, 1.82) is 5.26 Å². The van der Waals surface area contributed by atoms with Crippen molar-refractivity contribution in [2.75, 3.05) is 5.32 Å². The fraction of sp³-hybridized carbons (Fsp3) is 0.364. The smallest absolute Gasteiger partial charge is 0.338 e. The monoisotopic (exact) mass is 423 g/mol. The number of thiophene rings is 1. The number of carbonyl (C=O) groups excluding carboxylic acids is 2. The predicted molar refractivity (Wildman–Crippen MR) is 112 cm³/mol. The van der Waals surface area contributed by atoms with Crippen LogP contribution in [-0.2, 0) is 22.4 Å². The highest BCUT2D eigenvalue weighted by atomic mass is 32.1. The molecule has 0 spiro atoms. The lowest BCUT2D eigenvalue weighted by atomic mass is 9.88. The van der Waals surface area contributed by atoms with Crippen LogP contribution in [0.3, 0.4) is 0 Å². The number of nitrogens with one attached hydrogen (secondary N) is 1. The minimum absolute atomic E-state index is 0.293. The Hall–Kier alpha value is -3.18. The van der Waals surface area contributed by atoms with Gasteiger partial charge in [0.2, 0.25) is 0 Å². The van der Waals surface area contributed by atoms with Gasteiger partial charge in [-0.05, 0) is 55.4 Å². The van der Waals surface area contributed by atoms with E-state index in [1.807, 2.05) is 0 Å². The number of anilines is 1. The van der Waals surface area contributed by atoms with E-state index in [2.05, 4.69) is 23.3 Å². The number of aromatic nitrogens is 1. The molecule has 2 aromatic heterocycles. The minimum Gasteiger partial charge on any atom is -0.449 e. The fourth-order valence-electron chi connectivity index (χ4n) is 3.65. The van der Waals surface area contributed by atoms with E-state index in [0.29, 0.717) is 39.6 Å². The van der Waals surface area contributed by atoms with Crippen molar-refractivity contribution in [1.82, 2.24) is 4.98 Å². The Morgan fingerprint density at radius 2 is 2.30 bits per heavy atom. The number of ether oxygens (including phenoxy) is 1.